The van der Waals surface area contributed by atoms with E-state index in [0.717, 1.165) is 28.9 Å². The van der Waals surface area contributed by atoms with Gasteiger partial charge in [0.25, 0.3) is 0 Å². The first kappa shape index (κ1) is 13.1. The summed E-state index contributed by atoms with van der Waals surface area (Å²) in [5.74, 6) is 6.32. The molecule has 20 heavy (non-hydrogen) atoms. The van der Waals surface area contributed by atoms with E-state index in [0.29, 0.717) is 6.61 Å². The quantitative estimate of drug-likeness (QED) is 0.667. The molecule has 0 aromatic heterocycles. The number of hydrazine groups is 1. The van der Waals surface area contributed by atoms with Gasteiger partial charge in [-0.1, -0.05) is 24.3 Å². The first-order chi connectivity index (χ1) is 9.69. The van der Waals surface area contributed by atoms with Crippen molar-refractivity contribution in [2.45, 2.75) is 19.4 Å². The number of benzene rings is 2. The molecule has 0 radical (unpaired) electrons. The van der Waals surface area contributed by atoms with Crippen molar-refractivity contribution >= 4 is 0 Å². The third kappa shape index (κ3) is 2.28. The number of aryl methyl sites for hydroxylation is 1. The van der Waals surface area contributed by atoms with Crippen LogP contribution in [0.25, 0.3) is 0 Å². The van der Waals surface area contributed by atoms with Gasteiger partial charge in [-0.05, 0) is 35.7 Å². The molecule has 1 unspecified atom stereocenters. The number of fused-ring (bicyclic) bond motifs is 1. The maximum atomic E-state index is 13.6. The average molecular weight is 272 g/mol. The number of hydrogen-bond donors (Lipinski definition) is 2. The van der Waals surface area contributed by atoms with Crippen molar-refractivity contribution in [3.8, 4) is 5.75 Å². The Morgan fingerprint density at radius 3 is 2.90 bits per heavy atom. The first-order valence-electron chi connectivity index (χ1n) is 6.67. The lowest BCUT2D eigenvalue weighted by atomic mass is 9.95. The van der Waals surface area contributed by atoms with E-state index in [9.17, 15) is 4.39 Å². The second-order valence-corrected chi connectivity index (χ2v) is 5.10. The van der Waals surface area contributed by atoms with E-state index in [4.69, 9.17) is 10.6 Å². The van der Waals surface area contributed by atoms with Crippen LogP contribution in [0.15, 0.2) is 36.4 Å². The average Bonchev–Trinajstić information content (AvgIpc) is 2.87. The summed E-state index contributed by atoms with van der Waals surface area (Å²) in [6.07, 6.45) is 0.905. The zero-order valence-corrected chi connectivity index (χ0v) is 11.3. The smallest absolute Gasteiger partial charge is 0.127 e. The molecular weight excluding hydrogens is 255 g/mol. The second-order valence-electron chi connectivity index (χ2n) is 5.10. The van der Waals surface area contributed by atoms with Crippen molar-refractivity contribution in [1.29, 1.82) is 0 Å². The molecular formula is C16H17FN2O. The van der Waals surface area contributed by atoms with Gasteiger partial charge in [0.05, 0.1) is 12.6 Å². The van der Waals surface area contributed by atoms with Crippen LogP contribution in [0, 0.1) is 12.7 Å². The van der Waals surface area contributed by atoms with Crippen LogP contribution in [0.5, 0.6) is 5.75 Å². The predicted molar refractivity (Wildman–Crippen MR) is 75.9 cm³/mol. The molecule has 1 aliphatic heterocycles. The minimum Gasteiger partial charge on any atom is -0.493 e. The zero-order chi connectivity index (χ0) is 14.1. The molecule has 2 aromatic rings. The van der Waals surface area contributed by atoms with Crippen molar-refractivity contribution in [1.82, 2.24) is 5.43 Å². The van der Waals surface area contributed by atoms with E-state index >= 15 is 0 Å². The highest BCUT2D eigenvalue weighted by Gasteiger charge is 2.23. The standard InChI is InChI=1S/C16H17FN2O/c1-10-7-12(9-13(17)8-10)15(19-18)14-4-2-3-11-5-6-20-16(11)14/h2-4,7-9,15,19H,5-6,18H2,1H3. The summed E-state index contributed by atoms with van der Waals surface area (Å²) in [4.78, 5) is 0. The molecule has 0 spiro atoms. The van der Waals surface area contributed by atoms with Crippen molar-refractivity contribution in [3.63, 3.8) is 0 Å². The molecule has 3 N–H and O–H groups in total. The SMILES string of the molecule is Cc1cc(F)cc(C(NN)c2cccc3c2OCC3)c1. The van der Waals surface area contributed by atoms with Crippen molar-refractivity contribution in [3.05, 3.63) is 64.5 Å². The number of nitrogens with two attached hydrogens (primary N) is 1. The molecule has 2 aromatic carbocycles. The summed E-state index contributed by atoms with van der Waals surface area (Å²) in [6, 6.07) is 10.7. The number of nitrogens with one attached hydrogen (secondary N) is 1. The van der Waals surface area contributed by atoms with Gasteiger partial charge in [0.2, 0.25) is 0 Å². The lowest BCUT2D eigenvalue weighted by Crippen LogP contribution is -2.29. The molecule has 4 heteroatoms. The number of ether oxygens (including phenoxy) is 1. The Morgan fingerprint density at radius 1 is 1.30 bits per heavy atom. The summed E-state index contributed by atoms with van der Waals surface area (Å²) < 4.78 is 19.3. The van der Waals surface area contributed by atoms with E-state index in [1.165, 1.54) is 17.7 Å². The van der Waals surface area contributed by atoms with E-state index in [1.54, 1.807) is 0 Å². The summed E-state index contributed by atoms with van der Waals surface area (Å²) in [5.41, 5.74) is 6.57. The number of halogens is 1. The van der Waals surface area contributed by atoms with E-state index in [2.05, 4.69) is 11.5 Å². The fraction of sp³-hybridized carbons (Fsp3) is 0.250. The third-order valence-electron chi connectivity index (χ3n) is 3.62. The van der Waals surface area contributed by atoms with Gasteiger partial charge in [-0.15, -0.1) is 0 Å². The predicted octanol–water partition coefficient (Wildman–Crippen LogP) is 2.62. The molecule has 0 aliphatic carbocycles. The Hall–Kier alpha value is -1.91. The molecule has 0 amide bonds. The summed E-state index contributed by atoms with van der Waals surface area (Å²) in [5, 5.41) is 0. The van der Waals surface area contributed by atoms with Crippen LogP contribution in [0.1, 0.15) is 28.3 Å². The van der Waals surface area contributed by atoms with E-state index < -0.39 is 0 Å². The number of hydrogen-bond acceptors (Lipinski definition) is 3. The largest absolute Gasteiger partial charge is 0.493 e. The highest BCUT2D eigenvalue weighted by Crippen LogP contribution is 2.36. The molecule has 0 bridgehead atoms. The van der Waals surface area contributed by atoms with E-state index in [-0.39, 0.29) is 11.9 Å². The van der Waals surface area contributed by atoms with Gasteiger partial charge in [0.15, 0.2) is 0 Å². The van der Waals surface area contributed by atoms with Crippen molar-refractivity contribution < 1.29 is 9.13 Å². The maximum Gasteiger partial charge on any atom is 0.127 e. The maximum absolute atomic E-state index is 13.6. The first-order valence-corrected chi connectivity index (χ1v) is 6.67. The van der Waals surface area contributed by atoms with Crippen LogP contribution in [0.3, 0.4) is 0 Å². The van der Waals surface area contributed by atoms with Crippen LogP contribution >= 0.6 is 0 Å². The molecule has 1 aliphatic rings. The molecule has 104 valence electrons. The molecule has 1 heterocycles. The summed E-state index contributed by atoms with van der Waals surface area (Å²) in [7, 11) is 0. The Bertz CT molecular complexity index is 622. The Morgan fingerprint density at radius 2 is 2.15 bits per heavy atom. The van der Waals surface area contributed by atoms with Gasteiger partial charge in [-0.25, -0.2) is 9.82 Å². The normalized spacial score (nSPS) is 14.8. The van der Waals surface area contributed by atoms with Crippen LogP contribution < -0.4 is 16.0 Å². The van der Waals surface area contributed by atoms with Crippen molar-refractivity contribution in [2.24, 2.45) is 5.84 Å². The van der Waals surface area contributed by atoms with Crippen LogP contribution in [0.2, 0.25) is 0 Å². The molecule has 0 fully saturated rings. The van der Waals surface area contributed by atoms with Gasteiger partial charge >= 0.3 is 0 Å². The molecule has 3 rings (SSSR count). The van der Waals surface area contributed by atoms with Crippen LogP contribution in [-0.2, 0) is 6.42 Å². The zero-order valence-electron chi connectivity index (χ0n) is 11.3. The van der Waals surface area contributed by atoms with Gasteiger partial charge < -0.3 is 4.74 Å². The van der Waals surface area contributed by atoms with Gasteiger partial charge in [0, 0.05) is 12.0 Å². The van der Waals surface area contributed by atoms with Gasteiger partial charge in [-0.3, -0.25) is 5.84 Å². The third-order valence-corrected chi connectivity index (χ3v) is 3.62. The van der Waals surface area contributed by atoms with Crippen LogP contribution in [-0.4, -0.2) is 6.61 Å². The minimum absolute atomic E-state index is 0.256. The topological polar surface area (TPSA) is 47.3 Å². The number of rotatable bonds is 3. The summed E-state index contributed by atoms with van der Waals surface area (Å²) >= 11 is 0. The van der Waals surface area contributed by atoms with Gasteiger partial charge in [0.1, 0.15) is 11.6 Å². The second kappa shape index (κ2) is 5.23. The Labute approximate surface area is 117 Å². The van der Waals surface area contributed by atoms with E-state index in [1.807, 2.05) is 25.1 Å². The van der Waals surface area contributed by atoms with Gasteiger partial charge in [-0.2, -0.15) is 0 Å². The molecule has 1 atom stereocenters. The Balaban J connectivity index is 2.08. The molecule has 0 saturated heterocycles. The lowest BCUT2D eigenvalue weighted by molar-refractivity contribution is 0.350. The minimum atomic E-state index is -0.280. The molecule has 3 nitrogen and oxygen atoms in total. The molecule has 0 saturated carbocycles. The number of para-hydroxylation sites is 1. The fourth-order valence-electron chi connectivity index (χ4n) is 2.76. The van der Waals surface area contributed by atoms with Crippen LogP contribution in [0.4, 0.5) is 4.39 Å². The van der Waals surface area contributed by atoms with Crippen molar-refractivity contribution in [2.75, 3.05) is 6.61 Å². The monoisotopic (exact) mass is 272 g/mol. The lowest BCUT2D eigenvalue weighted by Gasteiger charge is -2.20. The highest BCUT2D eigenvalue weighted by molar-refractivity contribution is 5.49. The fourth-order valence-corrected chi connectivity index (χ4v) is 2.76. The Kier molecular flexibility index (Phi) is 3.42. The summed E-state index contributed by atoms with van der Waals surface area (Å²) in [6.45, 7) is 2.55. The highest BCUT2D eigenvalue weighted by atomic mass is 19.1.